The molecule has 2 N–H and O–H groups in total. The minimum absolute atomic E-state index is 0.106. The summed E-state index contributed by atoms with van der Waals surface area (Å²) in [6.07, 6.45) is 6.35. The van der Waals surface area contributed by atoms with Crippen molar-refractivity contribution in [1.29, 1.82) is 0 Å². The van der Waals surface area contributed by atoms with Crippen molar-refractivity contribution in [2.45, 2.75) is 44.0 Å². The minimum Gasteiger partial charge on any atom is -0.330 e. The molecule has 5 heteroatoms. The van der Waals surface area contributed by atoms with Gasteiger partial charge in [-0.2, -0.15) is 13.2 Å². The first-order chi connectivity index (χ1) is 7.53. The van der Waals surface area contributed by atoms with Gasteiger partial charge in [0.2, 0.25) is 0 Å². The molecule has 0 aromatic rings. The summed E-state index contributed by atoms with van der Waals surface area (Å²) in [5.41, 5.74) is 1.61. The normalized spacial score (nSPS) is 27.8. The summed E-state index contributed by atoms with van der Waals surface area (Å²) < 4.78 is 36.0. The molecule has 16 heavy (non-hydrogen) atoms. The third kappa shape index (κ3) is 5.43. The Hall–Kier alpha value is 0.100. The molecule has 1 rings (SSSR count). The third-order valence-corrected chi connectivity index (χ3v) is 4.14. The first-order valence-electron chi connectivity index (χ1n) is 5.93. The predicted octanol–water partition coefficient (Wildman–Crippen LogP) is 3.78. The van der Waals surface area contributed by atoms with Gasteiger partial charge in [0.25, 0.3) is 0 Å². The van der Waals surface area contributed by atoms with Gasteiger partial charge in [-0.25, -0.2) is 0 Å². The highest BCUT2D eigenvalue weighted by Crippen LogP contribution is 2.35. The first-order valence-corrected chi connectivity index (χ1v) is 6.92. The molecule has 0 aromatic carbocycles. The summed E-state index contributed by atoms with van der Waals surface area (Å²) in [4.78, 5) is 0. The minimum atomic E-state index is -4.08. The second-order valence-corrected chi connectivity index (χ2v) is 5.64. The highest BCUT2D eigenvalue weighted by molar-refractivity contribution is 8.00. The van der Waals surface area contributed by atoms with E-state index in [4.69, 9.17) is 5.73 Å². The zero-order valence-corrected chi connectivity index (χ0v) is 10.2. The van der Waals surface area contributed by atoms with Crippen LogP contribution in [0, 0.1) is 11.8 Å². The fraction of sp³-hybridized carbons (Fsp3) is 1.00. The average molecular weight is 255 g/mol. The maximum absolute atomic E-state index is 12.0. The lowest BCUT2D eigenvalue weighted by molar-refractivity contribution is -0.0328. The lowest BCUT2D eigenvalue weighted by Crippen LogP contribution is -2.23. The quantitative estimate of drug-likeness (QED) is 0.774. The van der Waals surface area contributed by atoms with Crippen molar-refractivity contribution in [3.63, 3.8) is 0 Å². The summed E-state index contributed by atoms with van der Waals surface area (Å²) in [6, 6.07) is 0. The zero-order valence-electron chi connectivity index (χ0n) is 9.43. The van der Waals surface area contributed by atoms with Crippen LogP contribution in [0.15, 0.2) is 0 Å². The fourth-order valence-electron chi connectivity index (χ4n) is 2.48. The van der Waals surface area contributed by atoms with E-state index >= 15 is 0 Å². The Morgan fingerprint density at radius 3 is 2.25 bits per heavy atom. The Balaban J connectivity index is 2.31. The molecule has 0 radical (unpaired) electrons. The molecule has 0 bridgehead atoms. The monoisotopic (exact) mass is 255 g/mol. The molecule has 0 heterocycles. The van der Waals surface area contributed by atoms with E-state index < -0.39 is 5.51 Å². The lowest BCUT2D eigenvalue weighted by atomic mass is 9.86. The van der Waals surface area contributed by atoms with Gasteiger partial charge in [-0.15, -0.1) is 0 Å². The number of nitrogens with two attached hydrogens (primary N) is 1. The Morgan fingerprint density at radius 1 is 1.06 bits per heavy atom. The highest BCUT2D eigenvalue weighted by atomic mass is 32.2. The number of thioether (sulfide) groups is 1. The van der Waals surface area contributed by atoms with Crippen LogP contribution in [0.25, 0.3) is 0 Å². The Labute approximate surface area is 99.3 Å². The first kappa shape index (κ1) is 14.2. The van der Waals surface area contributed by atoms with E-state index in [9.17, 15) is 13.2 Å². The number of rotatable bonds is 4. The van der Waals surface area contributed by atoms with Crippen LogP contribution < -0.4 is 5.73 Å². The van der Waals surface area contributed by atoms with Crippen LogP contribution in [-0.2, 0) is 0 Å². The van der Waals surface area contributed by atoms with Crippen LogP contribution in [0.1, 0.15) is 38.5 Å². The number of hydrogen-bond donors (Lipinski definition) is 1. The van der Waals surface area contributed by atoms with E-state index in [-0.39, 0.29) is 17.5 Å². The highest BCUT2D eigenvalue weighted by Gasteiger charge is 2.29. The second-order valence-electron chi connectivity index (χ2n) is 4.48. The summed E-state index contributed by atoms with van der Waals surface area (Å²) in [5, 5.41) is 0. The van der Waals surface area contributed by atoms with Gasteiger partial charge in [-0.05, 0) is 31.2 Å². The zero-order chi connectivity index (χ0) is 12.0. The van der Waals surface area contributed by atoms with Crippen molar-refractivity contribution < 1.29 is 13.2 Å². The molecule has 0 aliphatic heterocycles. The van der Waals surface area contributed by atoms with Crippen molar-refractivity contribution in [1.82, 2.24) is 0 Å². The van der Waals surface area contributed by atoms with Crippen molar-refractivity contribution in [3.05, 3.63) is 0 Å². The summed E-state index contributed by atoms with van der Waals surface area (Å²) in [5.74, 6) is 1.03. The molecule has 0 spiro atoms. The molecule has 0 saturated heterocycles. The topological polar surface area (TPSA) is 26.0 Å². The van der Waals surface area contributed by atoms with Crippen LogP contribution in [0.3, 0.4) is 0 Å². The number of hydrogen-bond acceptors (Lipinski definition) is 2. The third-order valence-electron chi connectivity index (χ3n) is 3.37. The number of halogens is 3. The van der Waals surface area contributed by atoms with Crippen LogP contribution >= 0.6 is 11.8 Å². The largest absolute Gasteiger partial charge is 0.441 e. The van der Waals surface area contributed by atoms with Gasteiger partial charge >= 0.3 is 5.51 Å². The van der Waals surface area contributed by atoms with Crippen LogP contribution in [0.4, 0.5) is 13.2 Å². The fourth-order valence-corrected chi connectivity index (χ4v) is 3.13. The summed E-state index contributed by atoms with van der Waals surface area (Å²) in [6.45, 7) is 0.626. The molecule has 2 atom stereocenters. The molecule has 1 aliphatic rings. The van der Waals surface area contributed by atoms with Crippen molar-refractivity contribution >= 4 is 11.8 Å². The molecule has 1 nitrogen and oxygen atoms in total. The van der Waals surface area contributed by atoms with Gasteiger partial charge in [0.15, 0.2) is 0 Å². The van der Waals surface area contributed by atoms with Gasteiger partial charge in [0.1, 0.15) is 0 Å². The van der Waals surface area contributed by atoms with E-state index in [1.54, 1.807) is 0 Å². The van der Waals surface area contributed by atoms with E-state index in [0.29, 0.717) is 24.8 Å². The summed E-state index contributed by atoms with van der Waals surface area (Å²) >= 11 is 0.106. The maximum atomic E-state index is 12.0. The molecule has 2 unspecified atom stereocenters. The maximum Gasteiger partial charge on any atom is 0.441 e. The lowest BCUT2D eigenvalue weighted by Gasteiger charge is -2.23. The van der Waals surface area contributed by atoms with Crippen LogP contribution in [0.5, 0.6) is 0 Å². The molecular weight excluding hydrogens is 235 g/mol. The molecule has 1 saturated carbocycles. The van der Waals surface area contributed by atoms with E-state index in [2.05, 4.69) is 0 Å². The van der Waals surface area contributed by atoms with Gasteiger partial charge in [-0.1, -0.05) is 37.4 Å². The molecule has 96 valence electrons. The van der Waals surface area contributed by atoms with Crippen molar-refractivity contribution in [2.24, 2.45) is 17.6 Å². The van der Waals surface area contributed by atoms with Gasteiger partial charge < -0.3 is 5.73 Å². The Morgan fingerprint density at radius 2 is 1.69 bits per heavy atom. The van der Waals surface area contributed by atoms with Crippen molar-refractivity contribution in [2.75, 3.05) is 12.3 Å². The van der Waals surface area contributed by atoms with Crippen LogP contribution in [-0.4, -0.2) is 17.8 Å². The molecule has 0 aromatic heterocycles. The van der Waals surface area contributed by atoms with Gasteiger partial charge in [-0.3, -0.25) is 0 Å². The summed E-state index contributed by atoms with van der Waals surface area (Å²) in [7, 11) is 0. The molecule has 1 aliphatic carbocycles. The second kappa shape index (κ2) is 6.74. The molecule has 0 amide bonds. The van der Waals surface area contributed by atoms with E-state index in [0.717, 1.165) is 19.3 Å². The standard InChI is InChI=1S/C11H20F3NS/c12-11(13,14)16-7-6-9-4-2-1-3-5-10(9)8-15/h9-10H,1-8,15H2. The Bertz CT molecular complexity index is 196. The van der Waals surface area contributed by atoms with E-state index in [1.807, 2.05) is 0 Å². The molecule has 1 fully saturated rings. The van der Waals surface area contributed by atoms with E-state index in [1.165, 1.54) is 12.8 Å². The van der Waals surface area contributed by atoms with Crippen LogP contribution in [0.2, 0.25) is 0 Å². The van der Waals surface area contributed by atoms with Crippen molar-refractivity contribution in [3.8, 4) is 0 Å². The SMILES string of the molecule is NCC1CCCCCC1CCSC(F)(F)F. The van der Waals surface area contributed by atoms with Gasteiger partial charge in [0.05, 0.1) is 0 Å². The smallest absolute Gasteiger partial charge is 0.330 e. The number of alkyl halides is 3. The van der Waals surface area contributed by atoms with Gasteiger partial charge in [0, 0.05) is 5.75 Å². The molecular formula is C11H20F3NS. The Kier molecular flexibility index (Phi) is 5.97. The average Bonchev–Trinajstić information content (AvgIpc) is 2.41. The predicted molar refractivity (Wildman–Crippen MR) is 62.2 cm³/mol.